The minimum absolute atomic E-state index is 0.0976. The molecule has 0 unspecified atom stereocenters. The fraction of sp³-hybridized carbons (Fsp3) is 0.192. The van der Waals surface area contributed by atoms with Crippen LogP contribution in [-0.4, -0.2) is 42.3 Å². The molecule has 1 aliphatic rings. The fourth-order valence-corrected chi connectivity index (χ4v) is 4.18. The molecule has 0 spiro atoms. The number of amides is 2. The van der Waals surface area contributed by atoms with Gasteiger partial charge in [-0.2, -0.15) is 13.2 Å². The van der Waals surface area contributed by atoms with Gasteiger partial charge < -0.3 is 25.0 Å². The van der Waals surface area contributed by atoms with Crippen LogP contribution in [0.1, 0.15) is 5.56 Å². The van der Waals surface area contributed by atoms with E-state index in [1.807, 2.05) is 4.90 Å². The molecule has 5 rings (SSSR count). The summed E-state index contributed by atoms with van der Waals surface area (Å²) in [6, 6.07) is 7.89. The summed E-state index contributed by atoms with van der Waals surface area (Å²) >= 11 is 5.57. The number of alkyl halides is 3. The molecule has 40 heavy (non-hydrogen) atoms. The Morgan fingerprint density at radius 3 is 2.35 bits per heavy atom. The van der Waals surface area contributed by atoms with Crippen molar-refractivity contribution in [1.29, 1.82) is 0 Å². The summed E-state index contributed by atoms with van der Waals surface area (Å²) in [5.41, 5.74) is -0.676. The van der Waals surface area contributed by atoms with Gasteiger partial charge in [0, 0.05) is 42.7 Å². The van der Waals surface area contributed by atoms with Gasteiger partial charge in [0.05, 0.1) is 41.0 Å². The summed E-state index contributed by atoms with van der Waals surface area (Å²) in [5.74, 6) is -2.26. The van der Waals surface area contributed by atoms with E-state index in [1.54, 1.807) is 12.3 Å². The summed E-state index contributed by atoms with van der Waals surface area (Å²) in [6.45, 7) is 2.43. The molecule has 4 aromatic rings. The van der Waals surface area contributed by atoms with Crippen molar-refractivity contribution in [2.45, 2.75) is 6.18 Å². The number of nitrogens with one attached hydrogen (secondary N) is 2. The number of anilines is 3. The van der Waals surface area contributed by atoms with Gasteiger partial charge in [-0.05, 0) is 30.3 Å². The van der Waals surface area contributed by atoms with Crippen LogP contribution < -0.4 is 20.3 Å². The number of aromatic nitrogens is 2. The van der Waals surface area contributed by atoms with Crippen LogP contribution >= 0.6 is 11.6 Å². The van der Waals surface area contributed by atoms with Crippen LogP contribution in [0.5, 0.6) is 11.5 Å². The Kier molecular flexibility index (Phi) is 7.59. The molecule has 3 aromatic carbocycles. The second-order valence-corrected chi connectivity index (χ2v) is 9.03. The van der Waals surface area contributed by atoms with Gasteiger partial charge in [-0.15, -0.1) is 0 Å². The summed E-state index contributed by atoms with van der Waals surface area (Å²) in [5, 5.41) is 3.78. The Balaban J connectivity index is 1.30. The van der Waals surface area contributed by atoms with Crippen molar-refractivity contribution in [2.24, 2.45) is 0 Å². The molecule has 2 heterocycles. The number of urea groups is 1. The Labute approximate surface area is 228 Å². The van der Waals surface area contributed by atoms with Crippen LogP contribution in [0.2, 0.25) is 5.02 Å². The Bertz CT molecular complexity index is 1560. The van der Waals surface area contributed by atoms with E-state index in [0.29, 0.717) is 49.2 Å². The van der Waals surface area contributed by atoms with Crippen molar-refractivity contribution in [3.8, 4) is 11.5 Å². The minimum Gasteiger partial charge on any atom is -0.451 e. The fourth-order valence-electron chi connectivity index (χ4n) is 3.95. The zero-order chi connectivity index (χ0) is 28.4. The van der Waals surface area contributed by atoms with Crippen molar-refractivity contribution < 1.29 is 36.2 Å². The quantitative estimate of drug-likeness (QED) is 0.251. The number of ether oxygens (including phenoxy) is 2. The zero-order valence-corrected chi connectivity index (χ0v) is 21.1. The Morgan fingerprint density at radius 1 is 0.950 bits per heavy atom. The topological polar surface area (TPSA) is 88.6 Å². The van der Waals surface area contributed by atoms with E-state index in [-0.39, 0.29) is 17.1 Å². The van der Waals surface area contributed by atoms with Crippen LogP contribution in [-0.2, 0) is 10.9 Å². The number of halogens is 6. The van der Waals surface area contributed by atoms with Crippen LogP contribution in [0.4, 0.5) is 43.9 Å². The first-order chi connectivity index (χ1) is 19.1. The minimum atomic E-state index is -4.74. The lowest BCUT2D eigenvalue weighted by atomic mass is 10.2. The Morgan fingerprint density at radius 2 is 1.65 bits per heavy atom. The third kappa shape index (κ3) is 6.15. The number of carbonyl (C=O) groups excluding carboxylic acids is 1. The maximum atomic E-state index is 14.8. The van der Waals surface area contributed by atoms with Gasteiger partial charge in [-0.25, -0.2) is 18.6 Å². The van der Waals surface area contributed by atoms with Gasteiger partial charge in [-0.3, -0.25) is 4.98 Å². The van der Waals surface area contributed by atoms with E-state index in [0.717, 1.165) is 24.3 Å². The summed E-state index contributed by atoms with van der Waals surface area (Å²) in [6.07, 6.45) is -3.10. The lowest BCUT2D eigenvalue weighted by Crippen LogP contribution is -2.36. The zero-order valence-electron chi connectivity index (χ0n) is 20.4. The first kappa shape index (κ1) is 27.3. The highest BCUT2D eigenvalue weighted by Crippen LogP contribution is 2.36. The molecule has 0 saturated carbocycles. The van der Waals surface area contributed by atoms with Gasteiger partial charge in [0.1, 0.15) is 11.6 Å². The smallest absolute Gasteiger partial charge is 0.417 e. The molecule has 2 N–H and O–H groups in total. The number of rotatable bonds is 5. The van der Waals surface area contributed by atoms with Crippen molar-refractivity contribution >= 4 is 45.9 Å². The lowest BCUT2D eigenvalue weighted by Gasteiger charge is -2.27. The first-order valence-corrected chi connectivity index (χ1v) is 12.2. The van der Waals surface area contributed by atoms with Crippen LogP contribution in [0.25, 0.3) is 11.0 Å². The lowest BCUT2D eigenvalue weighted by molar-refractivity contribution is -0.137. The van der Waals surface area contributed by atoms with Gasteiger partial charge in [0.15, 0.2) is 17.4 Å². The van der Waals surface area contributed by atoms with E-state index in [9.17, 15) is 26.7 Å². The summed E-state index contributed by atoms with van der Waals surface area (Å²) in [4.78, 5) is 23.2. The highest BCUT2D eigenvalue weighted by molar-refractivity contribution is 6.31. The van der Waals surface area contributed by atoms with Crippen molar-refractivity contribution in [2.75, 3.05) is 41.8 Å². The third-order valence-electron chi connectivity index (χ3n) is 5.84. The van der Waals surface area contributed by atoms with E-state index in [4.69, 9.17) is 21.1 Å². The number of hydrogen-bond donors (Lipinski definition) is 2. The molecule has 1 aromatic heterocycles. The van der Waals surface area contributed by atoms with Gasteiger partial charge in [-0.1, -0.05) is 11.6 Å². The number of benzene rings is 3. The predicted octanol–water partition coefficient (Wildman–Crippen LogP) is 6.85. The maximum absolute atomic E-state index is 14.8. The molecule has 0 radical (unpaired) electrons. The third-order valence-corrected chi connectivity index (χ3v) is 6.17. The van der Waals surface area contributed by atoms with Gasteiger partial charge in [0.2, 0.25) is 0 Å². The normalized spacial score (nSPS) is 13.8. The number of nitrogens with zero attached hydrogens (tertiary/aromatic N) is 3. The van der Waals surface area contributed by atoms with Crippen LogP contribution in [0.3, 0.4) is 0 Å². The highest BCUT2D eigenvalue weighted by atomic mass is 35.5. The molecule has 2 amide bonds. The van der Waals surface area contributed by atoms with E-state index in [2.05, 4.69) is 20.6 Å². The molecule has 0 bridgehead atoms. The molecule has 8 nitrogen and oxygen atoms in total. The second kappa shape index (κ2) is 11.1. The molecule has 1 fully saturated rings. The predicted molar refractivity (Wildman–Crippen MR) is 138 cm³/mol. The number of morpholine rings is 1. The number of hydrogen-bond acceptors (Lipinski definition) is 6. The first-order valence-electron chi connectivity index (χ1n) is 11.8. The SMILES string of the molecule is O=C(Nc1cc(F)c(Oc2ccc3ncc(N4CCOCC4)nc3c2)c(F)c1)Nc1ccc(Cl)c(C(F)(F)F)c1. The molecule has 1 aliphatic heterocycles. The standard InChI is InChI=1S/C26H19ClF5N5O3/c27-18-3-1-14(9-17(18)26(30,31)32)34-25(38)35-15-10-19(28)24(20(29)11-15)40-16-2-4-21-22(12-16)36-23(13-33-21)37-5-7-39-8-6-37/h1-4,9-13H,5-8H2,(H2,34,35,38). The van der Waals surface area contributed by atoms with Crippen LogP contribution in [0, 0.1) is 11.6 Å². The molecular weight excluding hydrogens is 561 g/mol. The van der Waals surface area contributed by atoms with E-state index in [1.165, 1.54) is 12.1 Å². The average molecular weight is 580 g/mol. The van der Waals surface area contributed by atoms with Gasteiger partial charge in [0.25, 0.3) is 0 Å². The second-order valence-electron chi connectivity index (χ2n) is 8.62. The molecule has 0 atom stereocenters. The number of fused-ring (bicyclic) bond motifs is 1. The van der Waals surface area contributed by atoms with Crippen molar-refractivity contribution in [3.05, 3.63) is 76.9 Å². The van der Waals surface area contributed by atoms with E-state index >= 15 is 0 Å². The van der Waals surface area contributed by atoms with Crippen LogP contribution in [0.15, 0.2) is 54.7 Å². The average Bonchev–Trinajstić information content (AvgIpc) is 2.91. The summed E-state index contributed by atoms with van der Waals surface area (Å²) < 4.78 is 79.5. The van der Waals surface area contributed by atoms with Gasteiger partial charge >= 0.3 is 12.2 Å². The molecule has 14 heteroatoms. The highest BCUT2D eigenvalue weighted by Gasteiger charge is 2.33. The molecule has 208 valence electrons. The monoisotopic (exact) mass is 579 g/mol. The molecular formula is C26H19ClF5N5O3. The number of carbonyl (C=O) groups is 1. The Hall–Kier alpha value is -4.23. The largest absolute Gasteiger partial charge is 0.451 e. The summed E-state index contributed by atoms with van der Waals surface area (Å²) in [7, 11) is 0. The maximum Gasteiger partial charge on any atom is 0.417 e. The van der Waals surface area contributed by atoms with Crippen molar-refractivity contribution in [1.82, 2.24) is 9.97 Å². The van der Waals surface area contributed by atoms with E-state index < -0.39 is 40.2 Å². The molecule has 0 aliphatic carbocycles. The van der Waals surface area contributed by atoms with Crippen molar-refractivity contribution in [3.63, 3.8) is 0 Å². The molecule has 1 saturated heterocycles.